The van der Waals surface area contributed by atoms with Gasteiger partial charge in [0.25, 0.3) is 0 Å². The van der Waals surface area contributed by atoms with Crippen LogP contribution in [-0.4, -0.2) is 48.0 Å². The zero-order valence-corrected chi connectivity index (χ0v) is 29.8. The molecule has 11 heteroatoms. The molecule has 0 atom stereocenters. The summed E-state index contributed by atoms with van der Waals surface area (Å²) in [5, 5.41) is 0. The van der Waals surface area contributed by atoms with Crippen molar-refractivity contribution < 1.29 is 28.1 Å². The maximum absolute atomic E-state index is 15.8. The van der Waals surface area contributed by atoms with Crippen molar-refractivity contribution in [2.45, 2.75) is 46.0 Å². The predicted molar refractivity (Wildman–Crippen MR) is 203 cm³/mol. The molecular weight excluding hydrogens is 673 g/mol. The highest BCUT2D eigenvalue weighted by molar-refractivity contribution is 6.09. The molecule has 1 saturated heterocycles. The Labute approximate surface area is 308 Å². The Balaban J connectivity index is 1.09. The first-order chi connectivity index (χ1) is 25.9. The number of halogens is 1. The fourth-order valence-corrected chi connectivity index (χ4v) is 5.84. The van der Waals surface area contributed by atoms with E-state index in [1.54, 1.807) is 19.2 Å². The molecule has 0 amide bonds. The van der Waals surface area contributed by atoms with Crippen molar-refractivity contribution in [1.82, 2.24) is 9.97 Å². The standard InChI is InChI=1S/C42H42FN5O5/c1-3-50-42(49)33(24-44)26-45-38-16-14-35(22-29(38)2)53-34-18-20-48(21-19-34)40-37(43)23-32(25-46-40)36-15-17-39(51-27-30-10-6-4-7-11-30)47-41(36)52-28-31-12-8-5-9-13-31/h4-17,22-26,34H,3,18-21,27-28,44H2,1-2H3/b33-24+,45-26?. The second-order valence-electron chi connectivity index (χ2n) is 12.4. The van der Waals surface area contributed by atoms with Gasteiger partial charge in [0.1, 0.15) is 25.1 Å². The number of aryl methyl sites for hydroxylation is 1. The maximum atomic E-state index is 15.8. The number of piperidine rings is 1. The number of carbonyl (C=O) groups is 1. The Morgan fingerprint density at radius 1 is 0.943 bits per heavy atom. The summed E-state index contributed by atoms with van der Waals surface area (Å²) in [4.78, 5) is 27.5. The van der Waals surface area contributed by atoms with E-state index in [1.807, 2.05) is 96.8 Å². The normalized spacial score (nSPS) is 13.6. The maximum Gasteiger partial charge on any atom is 0.341 e. The van der Waals surface area contributed by atoms with Crippen molar-refractivity contribution in [3.05, 3.63) is 138 Å². The number of carbonyl (C=O) groups excluding carboxylic acids is 1. The molecule has 53 heavy (non-hydrogen) atoms. The molecule has 6 rings (SSSR count). The van der Waals surface area contributed by atoms with Gasteiger partial charge < -0.3 is 29.6 Å². The minimum atomic E-state index is -0.528. The molecule has 0 radical (unpaired) electrons. The molecule has 5 aromatic rings. The Kier molecular flexibility index (Phi) is 12.3. The summed E-state index contributed by atoms with van der Waals surface area (Å²) in [6, 6.07) is 30.3. The van der Waals surface area contributed by atoms with Gasteiger partial charge in [0.15, 0.2) is 11.6 Å². The van der Waals surface area contributed by atoms with Crippen LogP contribution in [0.1, 0.15) is 36.5 Å². The monoisotopic (exact) mass is 715 g/mol. The van der Waals surface area contributed by atoms with Gasteiger partial charge in [0.05, 0.1) is 17.9 Å². The number of nitrogens with zero attached hydrogens (tertiary/aromatic N) is 4. The Hall–Kier alpha value is -6.23. The van der Waals surface area contributed by atoms with Crippen LogP contribution in [-0.2, 0) is 22.7 Å². The number of anilines is 1. The molecule has 272 valence electrons. The van der Waals surface area contributed by atoms with Gasteiger partial charge in [-0.2, -0.15) is 4.98 Å². The first-order valence-corrected chi connectivity index (χ1v) is 17.6. The second-order valence-corrected chi connectivity index (χ2v) is 12.4. The lowest BCUT2D eigenvalue weighted by Gasteiger charge is -2.33. The third kappa shape index (κ3) is 9.76. The van der Waals surface area contributed by atoms with Crippen LogP contribution in [0.3, 0.4) is 0 Å². The fourth-order valence-electron chi connectivity index (χ4n) is 5.84. The van der Waals surface area contributed by atoms with Gasteiger partial charge in [0, 0.05) is 61.7 Å². The number of aliphatic imine (C=N–C) groups is 1. The molecule has 1 fully saturated rings. The van der Waals surface area contributed by atoms with E-state index in [4.69, 9.17) is 24.7 Å². The van der Waals surface area contributed by atoms with Gasteiger partial charge in [-0.15, -0.1) is 0 Å². The Bertz CT molecular complexity index is 2050. The van der Waals surface area contributed by atoms with Gasteiger partial charge in [-0.25, -0.2) is 14.2 Å². The van der Waals surface area contributed by atoms with Gasteiger partial charge in [0.2, 0.25) is 11.8 Å². The number of benzene rings is 3. The minimum absolute atomic E-state index is 0.0454. The molecule has 3 aromatic carbocycles. The van der Waals surface area contributed by atoms with E-state index in [-0.39, 0.29) is 24.9 Å². The van der Waals surface area contributed by atoms with Crippen molar-refractivity contribution in [1.29, 1.82) is 0 Å². The first-order valence-electron chi connectivity index (χ1n) is 17.6. The molecule has 0 aliphatic carbocycles. The quantitative estimate of drug-likeness (QED) is 0.0695. The third-order valence-corrected chi connectivity index (χ3v) is 8.66. The van der Waals surface area contributed by atoms with E-state index < -0.39 is 11.8 Å². The van der Waals surface area contributed by atoms with Crippen LogP contribution in [0, 0.1) is 12.7 Å². The van der Waals surface area contributed by atoms with Gasteiger partial charge in [-0.1, -0.05) is 60.7 Å². The lowest BCUT2D eigenvalue weighted by atomic mass is 10.1. The molecule has 0 unspecified atom stereocenters. The molecule has 10 nitrogen and oxygen atoms in total. The highest BCUT2D eigenvalue weighted by Crippen LogP contribution is 2.34. The summed E-state index contributed by atoms with van der Waals surface area (Å²) in [6.45, 7) is 5.70. The smallest absolute Gasteiger partial charge is 0.341 e. The van der Waals surface area contributed by atoms with Gasteiger partial charge in [-0.3, -0.25) is 4.99 Å². The molecule has 3 heterocycles. The SMILES string of the molecule is CCOC(=O)/C(C=Nc1ccc(OC2CCN(c3ncc(-c4ccc(OCc5ccccc5)nc4OCc4ccccc4)cc3F)CC2)cc1C)=C/N. The third-order valence-electron chi connectivity index (χ3n) is 8.66. The van der Waals surface area contributed by atoms with E-state index in [1.165, 1.54) is 18.5 Å². The summed E-state index contributed by atoms with van der Waals surface area (Å²) >= 11 is 0. The van der Waals surface area contributed by atoms with Gasteiger partial charge in [-0.05, 0) is 60.9 Å². The lowest BCUT2D eigenvalue weighted by molar-refractivity contribution is -0.137. The van der Waals surface area contributed by atoms with Crippen LogP contribution in [0.4, 0.5) is 15.9 Å². The van der Waals surface area contributed by atoms with Crippen molar-refractivity contribution >= 4 is 23.7 Å². The van der Waals surface area contributed by atoms with E-state index in [0.717, 1.165) is 16.7 Å². The van der Waals surface area contributed by atoms with E-state index in [9.17, 15) is 4.79 Å². The Morgan fingerprint density at radius 2 is 1.64 bits per heavy atom. The zero-order valence-electron chi connectivity index (χ0n) is 29.8. The predicted octanol–water partition coefficient (Wildman–Crippen LogP) is 7.90. The summed E-state index contributed by atoms with van der Waals surface area (Å²) in [6.07, 6.45) is 5.57. The minimum Gasteiger partial charge on any atom is -0.490 e. The first kappa shape index (κ1) is 36.6. The molecule has 2 aromatic heterocycles. The topological polar surface area (TPSA) is 121 Å². The number of esters is 1. The van der Waals surface area contributed by atoms with Crippen molar-refractivity contribution in [2.24, 2.45) is 10.7 Å². The van der Waals surface area contributed by atoms with Gasteiger partial charge >= 0.3 is 5.97 Å². The second kappa shape index (κ2) is 17.8. The number of hydrogen-bond acceptors (Lipinski definition) is 10. The average Bonchev–Trinajstić information content (AvgIpc) is 3.18. The number of rotatable bonds is 14. The molecule has 1 aliphatic heterocycles. The van der Waals surface area contributed by atoms with Crippen molar-refractivity contribution in [3.8, 4) is 28.6 Å². The van der Waals surface area contributed by atoms with Crippen LogP contribution in [0.25, 0.3) is 11.1 Å². The average molecular weight is 716 g/mol. The van der Waals surface area contributed by atoms with Crippen molar-refractivity contribution in [3.63, 3.8) is 0 Å². The number of hydrogen-bond donors (Lipinski definition) is 1. The summed E-state index contributed by atoms with van der Waals surface area (Å²) in [5.41, 5.74) is 10.5. The summed E-state index contributed by atoms with van der Waals surface area (Å²) < 4.78 is 39.2. The number of nitrogens with two attached hydrogens (primary N) is 1. The number of pyridine rings is 2. The van der Waals surface area contributed by atoms with E-state index >= 15 is 4.39 Å². The van der Waals surface area contributed by atoms with Crippen LogP contribution in [0.2, 0.25) is 0 Å². The highest BCUT2D eigenvalue weighted by atomic mass is 19.1. The van der Waals surface area contributed by atoms with Crippen LogP contribution >= 0.6 is 0 Å². The molecule has 2 N–H and O–H groups in total. The fraction of sp³-hybridized carbons (Fsp3) is 0.238. The van der Waals surface area contributed by atoms with Crippen LogP contribution in [0.15, 0.2) is 120 Å². The highest BCUT2D eigenvalue weighted by Gasteiger charge is 2.24. The van der Waals surface area contributed by atoms with E-state index in [2.05, 4.69) is 15.0 Å². The molecule has 0 spiro atoms. The lowest BCUT2D eigenvalue weighted by Crippen LogP contribution is -2.39. The molecule has 0 saturated carbocycles. The number of aromatic nitrogens is 2. The van der Waals surface area contributed by atoms with Crippen LogP contribution in [0.5, 0.6) is 17.5 Å². The van der Waals surface area contributed by atoms with Crippen molar-refractivity contribution in [2.75, 3.05) is 24.6 Å². The largest absolute Gasteiger partial charge is 0.490 e. The molecule has 0 bridgehead atoms. The van der Waals surface area contributed by atoms with E-state index in [0.29, 0.717) is 72.7 Å². The molecule has 1 aliphatic rings. The Morgan fingerprint density at radius 3 is 2.28 bits per heavy atom. The number of ether oxygens (including phenoxy) is 4. The zero-order chi connectivity index (χ0) is 37.0. The molecular formula is C42H42FN5O5. The summed E-state index contributed by atoms with van der Waals surface area (Å²) in [7, 11) is 0. The van der Waals surface area contributed by atoms with Crippen LogP contribution < -0.4 is 24.8 Å². The summed E-state index contributed by atoms with van der Waals surface area (Å²) in [5.74, 6) is 0.781.